The SMILES string of the molecule is C=CS(=O)(=O)CCCCCC(=O)NC(C(=O)NC(CCCNC(N)=O)C(=O)Nc1ccc(COC(=O)C(C)(C)C)cc1)C(C)C. The number of unbranched alkanes of at least 4 members (excludes halogenated alkanes) is 2. The predicted octanol–water partition coefficient (Wildman–Crippen LogP) is 2.91. The molecule has 2 atom stereocenters. The molecule has 0 spiro atoms. The van der Waals surface area contributed by atoms with Crippen molar-refractivity contribution in [2.75, 3.05) is 17.6 Å². The van der Waals surface area contributed by atoms with Crippen molar-refractivity contribution in [2.45, 2.75) is 91.8 Å². The summed E-state index contributed by atoms with van der Waals surface area (Å²) in [6.07, 6.45) is 1.97. The van der Waals surface area contributed by atoms with Crippen molar-refractivity contribution in [3.63, 3.8) is 0 Å². The van der Waals surface area contributed by atoms with Crippen LogP contribution in [0, 0.1) is 11.3 Å². The summed E-state index contributed by atoms with van der Waals surface area (Å²) in [4.78, 5) is 62.2. The maximum absolute atomic E-state index is 13.3. The van der Waals surface area contributed by atoms with Gasteiger partial charge in [0.2, 0.25) is 17.7 Å². The third kappa shape index (κ3) is 16.1. The summed E-state index contributed by atoms with van der Waals surface area (Å²) >= 11 is 0. The Hall–Kier alpha value is -3.94. The van der Waals surface area contributed by atoms with Crippen LogP contribution in [-0.4, -0.2) is 62.5 Å². The Bertz CT molecular complexity index is 1270. The number of benzene rings is 1. The van der Waals surface area contributed by atoms with E-state index < -0.39 is 45.2 Å². The van der Waals surface area contributed by atoms with Crippen molar-refractivity contribution in [1.82, 2.24) is 16.0 Å². The lowest BCUT2D eigenvalue weighted by molar-refractivity contribution is -0.154. The zero-order valence-corrected chi connectivity index (χ0v) is 27.8. The van der Waals surface area contributed by atoms with Crippen molar-refractivity contribution < 1.29 is 37.1 Å². The molecule has 45 heavy (non-hydrogen) atoms. The highest BCUT2D eigenvalue weighted by atomic mass is 32.2. The van der Waals surface area contributed by atoms with E-state index in [2.05, 4.69) is 27.8 Å². The van der Waals surface area contributed by atoms with E-state index in [0.29, 0.717) is 31.4 Å². The predicted molar refractivity (Wildman–Crippen MR) is 172 cm³/mol. The second-order valence-electron chi connectivity index (χ2n) is 12.1. The number of anilines is 1. The lowest BCUT2D eigenvalue weighted by Crippen LogP contribution is -2.54. The number of hydrogen-bond donors (Lipinski definition) is 5. The van der Waals surface area contributed by atoms with Crippen LogP contribution in [0.2, 0.25) is 0 Å². The van der Waals surface area contributed by atoms with E-state index in [0.717, 1.165) is 11.0 Å². The molecule has 0 saturated carbocycles. The number of ether oxygens (including phenoxy) is 1. The summed E-state index contributed by atoms with van der Waals surface area (Å²) in [5, 5.41) is 11.6. The molecule has 1 rings (SSSR count). The molecule has 14 heteroatoms. The summed E-state index contributed by atoms with van der Waals surface area (Å²) in [5.74, 6) is -2.09. The van der Waals surface area contributed by atoms with Gasteiger partial charge in [0.1, 0.15) is 18.7 Å². The molecule has 0 aliphatic rings. The van der Waals surface area contributed by atoms with Gasteiger partial charge in [-0.1, -0.05) is 39.0 Å². The second kappa shape index (κ2) is 18.8. The van der Waals surface area contributed by atoms with Gasteiger partial charge >= 0.3 is 12.0 Å². The molecule has 0 bridgehead atoms. The first kappa shape index (κ1) is 39.1. The van der Waals surface area contributed by atoms with Gasteiger partial charge in [0.25, 0.3) is 0 Å². The van der Waals surface area contributed by atoms with Crippen LogP contribution in [0.1, 0.15) is 78.7 Å². The fourth-order valence-corrected chi connectivity index (χ4v) is 4.73. The topological polar surface area (TPSA) is 203 Å². The van der Waals surface area contributed by atoms with E-state index in [1.807, 2.05) is 0 Å². The van der Waals surface area contributed by atoms with Gasteiger partial charge in [0.05, 0.1) is 11.2 Å². The minimum absolute atomic E-state index is 0.0371. The summed E-state index contributed by atoms with van der Waals surface area (Å²) in [6.45, 7) is 12.3. The average Bonchev–Trinajstić information content (AvgIpc) is 2.95. The lowest BCUT2D eigenvalue weighted by Gasteiger charge is -2.25. The van der Waals surface area contributed by atoms with E-state index in [4.69, 9.17) is 10.5 Å². The van der Waals surface area contributed by atoms with Gasteiger partial charge in [-0.25, -0.2) is 13.2 Å². The van der Waals surface area contributed by atoms with Crippen molar-refractivity contribution in [2.24, 2.45) is 17.1 Å². The van der Waals surface area contributed by atoms with Crippen LogP contribution < -0.4 is 27.0 Å². The van der Waals surface area contributed by atoms with Crippen LogP contribution in [0.25, 0.3) is 0 Å². The zero-order valence-electron chi connectivity index (χ0n) is 26.9. The molecule has 1 aromatic rings. The quantitative estimate of drug-likeness (QED) is 0.111. The molecule has 0 radical (unpaired) electrons. The van der Waals surface area contributed by atoms with E-state index in [-0.39, 0.29) is 49.5 Å². The molecular formula is C31H49N5O8S. The highest BCUT2D eigenvalue weighted by molar-refractivity contribution is 7.94. The highest BCUT2D eigenvalue weighted by Gasteiger charge is 2.29. The molecule has 2 unspecified atom stereocenters. The fourth-order valence-electron chi connectivity index (χ4n) is 3.96. The minimum Gasteiger partial charge on any atom is -0.460 e. The van der Waals surface area contributed by atoms with Gasteiger partial charge in [-0.15, -0.1) is 0 Å². The Morgan fingerprint density at radius 2 is 1.60 bits per heavy atom. The van der Waals surface area contributed by atoms with Crippen molar-refractivity contribution >= 4 is 45.2 Å². The van der Waals surface area contributed by atoms with Gasteiger partial charge in [-0.05, 0) is 70.1 Å². The number of nitrogens with one attached hydrogen (secondary N) is 4. The Morgan fingerprint density at radius 1 is 0.956 bits per heavy atom. The number of amides is 5. The number of sulfone groups is 1. The number of esters is 1. The number of hydrogen-bond acceptors (Lipinski definition) is 8. The number of carbonyl (C=O) groups is 5. The van der Waals surface area contributed by atoms with Crippen LogP contribution in [0.5, 0.6) is 0 Å². The summed E-state index contributed by atoms with van der Waals surface area (Å²) in [6, 6.07) is 4.08. The molecule has 0 aliphatic carbocycles. The minimum atomic E-state index is -3.29. The van der Waals surface area contributed by atoms with E-state index in [9.17, 15) is 32.4 Å². The smallest absolute Gasteiger partial charge is 0.312 e. The van der Waals surface area contributed by atoms with Crippen LogP contribution in [0.4, 0.5) is 10.5 Å². The summed E-state index contributed by atoms with van der Waals surface area (Å²) in [5.41, 5.74) is 5.67. The largest absolute Gasteiger partial charge is 0.460 e. The molecule has 1 aromatic carbocycles. The van der Waals surface area contributed by atoms with Crippen LogP contribution in [0.15, 0.2) is 36.3 Å². The van der Waals surface area contributed by atoms with Crippen molar-refractivity contribution in [3.05, 3.63) is 41.8 Å². The molecule has 0 saturated heterocycles. The maximum Gasteiger partial charge on any atom is 0.312 e. The third-order valence-electron chi connectivity index (χ3n) is 6.66. The Labute approximate surface area is 266 Å². The molecule has 13 nitrogen and oxygen atoms in total. The summed E-state index contributed by atoms with van der Waals surface area (Å²) in [7, 11) is -3.29. The first-order valence-electron chi connectivity index (χ1n) is 15.0. The Balaban J connectivity index is 2.85. The van der Waals surface area contributed by atoms with Crippen LogP contribution in [0.3, 0.4) is 0 Å². The van der Waals surface area contributed by atoms with Crippen LogP contribution in [-0.2, 0) is 40.4 Å². The fraction of sp³-hybridized carbons (Fsp3) is 0.581. The Morgan fingerprint density at radius 3 is 2.16 bits per heavy atom. The highest BCUT2D eigenvalue weighted by Crippen LogP contribution is 2.18. The molecule has 0 heterocycles. The molecular weight excluding hydrogens is 602 g/mol. The number of carbonyl (C=O) groups excluding carboxylic acids is 5. The first-order valence-corrected chi connectivity index (χ1v) is 16.7. The van der Waals surface area contributed by atoms with E-state index in [1.165, 1.54) is 0 Å². The molecule has 5 amide bonds. The van der Waals surface area contributed by atoms with Crippen molar-refractivity contribution in [3.8, 4) is 0 Å². The van der Waals surface area contributed by atoms with E-state index >= 15 is 0 Å². The van der Waals surface area contributed by atoms with Gasteiger partial charge < -0.3 is 31.7 Å². The van der Waals surface area contributed by atoms with E-state index in [1.54, 1.807) is 58.9 Å². The third-order valence-corrected chi connectivity index (χ3v) is 8.02. The number of nitrogens with two attached hydrogens (primary N) is 1. The number of urea groups is 1. The van der Waals surface area contributed by atoms with Crippen LogP contribution >= 0.6 is 0 Å². The maximum atomic E-state index is 13.3. The van der Waals surface area contributed by atoms with Gasteiger partial charge in [0.15, 0.2) is 9.84 Å². The molecule has 0 aliphatic heterocycles. The monoisotopic (exact) mass is 651 g/mol. The van der Waals surface area contributed by atoms with Crippen molar-refractivity contribution in [1.29, 1.82) is 0 Å². The van der Waals surface area contributed by atoms with Gasteiger partial charge in [0, 0.05) is 24.1 Å². The molecule has 252 valence electrons. The van der Waals surface area contributed by atoms with Gasteiger partial charge in [-0.3, -0.25) is 19.2 Å². The molecule has 0 fully saturated rings. The zero-order chi connectivity index (χ0) is 34.2. The summed E-state index contributed by atoms with van der Waals surface area (Å²) < 4.78 is 28.4. The first-order chi connectivity index (χ1) is 20.9. The normalized spacial score (nSPS) is 12.8. The lowest BCUT2D eigenvalue weighted by atomic mass is 9.97. The standard InChI is InChI=1S/C31H49N5O8S/c1-7-45(42,43)19-10-8-9-13-25(37)36-26(21(2)3)28(39)35-24(12-11-18-33-30(32)41)27(38)34-23-16-14-22(15-17-23)20-44-29(40)31(4,5)6/h7,14-17,21,24,26H,1,8-13,18-20H2,2-6H3,(H,34,38)(H,35,39)(H,36,37)(H3,32,33,41). The number of primary amides is 1. The second-order valence-corrected chi connectivity index (χ2v) is 14.2. The average molecular weight is 652 g/mol. The Kier molecular flexibility index (Phi) is 16.3. The molecule has 0 aromatic heterocycles. The molecule has 6 N–H and O–H groups in total. The van der Waals surface area contributed by atoms with Gasteiger partial charge in [-0.2, -0.15) is 0 Å². The number of rotatable bonds is 19.